The maximum atomic E-state index is 6.00. The summed E-state index contributed by atoms with van der Waals surface area (Å²) in [7, 11) is 1.65. The van der Waals surface area contributed by atoms with Crippen molar-refractivity contribution >= 4 is 17.3 Å². The van der Waals surface area contributed by atoms with E-state index in [4.69, 9.17) is 22.1 Å². The van der Waals surface area contributed by atoms with Crippen LogP contribution < -0.4 is 5.73 Å². The monoisotopic (exact) mass is 281 g/mol. The molecule has 0 amide bonds. The molecule has 0 atom stereocenters. The van der Waals surface area contributed by atoms with Crippen LogP contribution in [-0.2, 0) is 11.3 Å². The van der Waals surface area contributed by atoms with Crippen LogP contribution in [0.3, 0.4) is 0 Å². The largest absolute Gasteiger partial charge is 0.399 e. The molecule has 2 N–H and O–H groups in total. The van der Waals surface area contributed by atoms with E-state index >= 15 is 0 Å². The normalized spacial score (nSPS) is 11.8. The van der Waals surface area contributed by atoms with Gasteiger partial charge in [0.05, 0.1) is 12.1 Å². The van der Waals surface area contributed by atoms with Gasteiger partial charge in [0.2, 0.25) is 0 Å². The van der Waals surface area contributed by atoms with Crippen LogP contribution in [0.15, 0.2) is 18.2 Å². The third kappa shape index (κ3) is 3.21. The lowest BCUT2D eigenvalue weighted by molar-refractivity contribution is 0.00539. The van der Waals surface area contributed by atoms with Crippen LogP contribution in [0.4, 0.5) is 5.69 Å². The van der Waals surface area contributed by atoms with Gasteiger partial charge >= 0.3 is 0 Å². The van der Waals surface area contributed by atoms with Gasteiger partial charge in [-0.25, -0.2) is 4.68 Å². The molecule has 0 saturated heterocycles. The molecule has 1 aromatic carbocycles. The van der Waals surface area contributed by atoms with E-state index in [2.05, 4.69) is 15.5 Å². The highest BCUT2D eigenvalue weighted by Crippen LogP contribution is 2.25. The van der Waals surface area contributed by atoms with Crippen molar-refractivity contribution in [3.05, 3.63) is 23.2 Å². The van der Waals surface area contributed by atoms with Gasteiger partial charge in [-0.15, -0.1) is 5.10 Å². The summed E-state index contributed by atoms with van der Waals surface area (Å²) in [6.07, 6.45) is 0. The van der Waals surface area contributed by atoms with Gasteiger partial charge < -0.3 is 10.5 Å². The average molecular weight is 282 g/mol. The van der Waals surface area contributed by atoms with E-state index < -0.39 is 0 Å². The summed E-state index contributed by atoms with van der Waals surface area (Å²) in [5.41, 5.74) is 6.77. The molecule has 19 heavy (non-hydrogen) atoms. The number of hydrogen-bond acceptors (Lipinski definition) is 5. The quantitative estimate of drug-likeness (QED) is 0.867. The lowest BCUT2D eigenvalue weighted by Crippen LogP contribution is -2.30. The first-order valence-electron chi connectivity index (χ1n) is 5.79. The smallest absolute Gasteiger partial charge is 0.182 e. The number of nitrogen functional groups attached to an aromatic ring is 1. The van der Waals surface area contributed by atoms with Gasteiger partial charge in [-0.1, -0.05) is 11.6 Å². The summed E-state index contributed by atoms with van der Waals surface area (Å²) in [6.45, 7) is 4.45. The number of halogens is 1. The van der Waals surface area contributed by atoms with Gasteiger partial charge in [-0.3, -0.25) is 0 Å². The topological polar surface area (TPSA) is 78.8 Å². The number of nitrogens with zero attached hydrogens (tertiary/aromatic N) is 4. The molecule has 0 radical (unpaired) electrons. The third-order valence-electron chi connectivity index (χ3n) is 2.79. The Morgan fingerprint density at radius 3 is 2.74 bits per heavy atom. The van der Waals surface area contributed by atoms with E-state index in [9.17, 15) is 0 Å². The zero-order chi connectivity index (χ0) is 14.0. The van der Waals surface area contributed by atoms with Gasteiger partial charge in [0.25, 0.3) is 0 Å². The Kier molecular flexibility index (Phi) is 3.73. The Hall–Kier alpha value is -1.66. The zero-order valence-electron chi connectivity index (χ0n) is 11.1. The van der Waals surface area contributed by atoms with Gasteiger partial charge in [0, 0.05) is 23.4 Å². The second-order valence-corrected chi connectivity index (χ2v) is 5.33. The molecule has 2 rings (SSSR count). The Labute approximate surface area is 116 Å². The predicted octanol–water partition coefficient (Wildman–Crippen LogP) is 2.00. The molecular formula is C12H16ClN5O. The lowest BCUT2D eigenvalue weighted by atomic mass is 10.1. The highest BCUT2D eigenvalue weighted by atomic mass is 35.5. The highest BCUT2D eigenvalue weighted by Gasteiger charge is 2.21. The Morgan fingerprint density at radius 1 is 1.37 bits per heavy atom. The standard InChI is InChI=1S/C12H16ClN5O/c1-12(2,19-3)7-18-11(15-16-17-18)8-4-9(13)6-10(14)5-8/h4-6H,7,14H2,1-3H3. The molecule has 1 heterocycles. The molecule has 0 saturated carbocycles. The third-order valence-corrected chi connectivity index (χ3v) is 3.01. The summed E-state index contributed by atoms with van der Waals surface area (Å²) < 4.78 is 7.06. The number of hydrogen-bond donors (Lipinski definition) is 1. The summed E-state index contributed by atoms with van der Waals surface area (Å²) in [5.74, 6) is 0.610. The van der Waals surface area contributed by atoms with Crippen molar-refractivity contribution in [1.29, 1.82) is 0 Å². The number of ether oxygens (including phenoxy) is 1. The van der Waals surface area contributed by atoms with Crippen molar-refractivity contribution in [2.45, 2.75) is 26.0 Å². The molecular weight excluding hydrogens is 266 g/mol. The van der Waals surface area contributed by atoms with Crippen molar-refractivity contribution < 1.29 is 4.74 Å². The van der Waals surface area contributed by atoms with Crippen molar-refractivity contribution in [2.75, 3.05) is 12.8 Å². The minimum atomic E-state index is -0.367. The zero-order valence-corrected chi connectivity index (χ0v) is 11.8. The molecule has 7 heteroatoms. The first-order valence-corrected chi connectivity index (χ1v) is 6.17. The maximum absolute atomic E-state index is 6.00. The molecule has 0 aliphatic carbocycles. The van der Waals surface area contributed by atoms with Gasteiger partial charge in [-0.05, 0) is 42.5 Å². The van der Waals surface area contributed by atoms with Crippen LogP contribution in [0, 0.1) is 0 Å². The van der Waals surface area contributed by atoms with Crippen LogP contribution in [0.1, 0.15) is 13.8 Å². The molecule has 2 aromatic rings. The lowest BCUT2D eigenvalue weighted by Gasteiger charge is -2.22. The van der Waals surface area contributed by atoms with E-state index in [0.29, 0.717) is 23.1 Å². The molecule has 6 nitrogen and oxygen atoms in total. The van der Waals surface area contributed by atoms with Crippen LogP contribution >= 0.6 is 11.6 Å². The fraction of sp³-hybridized carbons (Fsp3) is 0.417. The Balaban J connectivity index is 2.39. The van der Waals surface area contributed by atoms with Crippen molar-refractivity contribution in [1.82, 2.24) is 20.2 Å². The number of rotatable bonds is 4. The summed E-state index contributed by atoms with van der Waals surface area (Å²) in [5, 5.41) is 12.2. The van der Waals surface area contributed by atoms with E-state index in [1.165, 1.54) is 0 Å². The summed E-state index contributed by atoms with van der Waals surface area (Å²) >= 11 is 6.00. The number of anilines is 1. The van der Waals surface area contributed by atoms with Crippen LogP contribution in [0.5, 0.6) is 0 Å². The highest BCUT2D eigenvalue weighted by molar-refractivity contribution is 6.31. The number of methoxy groups -OCH3 is 1. The fourth-order valence-electron chi connectivity index (χ4n) is 1.68. The predicted molar refractivity (Wildman–Crippen MR) is 73.8 cm³/mol. The fourth-order valence-corrected chi connectivity index (χ4v) is 1.93. The number of benzene rings is 1. The van der Waals surface area contributed by atoms with Crippen LogP contribution in [-0.4, -0.2) is 32.9 Å². The summed E-state index contributed by atoms with van der Waals surface area (Å²) in [6, 6.07) is 5.24. The van der Waals surface area contributed by atoms with Crippen molar-refractivity contribution in [3.8, 4) is 11.4 Å². The minimum Gasteiger partial charge on any atom is -0.399 e. The second kappa shape index (κ2) is 5.14. The first-order chi connectivity index (χ1) is 8.91. The van der Waals surface area contributed by atoms with E-state index in [-0.39, 0.29) is 5.60 Å². The number of nitrogens with two attached hydrogens (primary N) is 1. The SMILES string of the molecule is COC(C)(C)Cn1nnnc1-c1cc(N)cc(Cl)c1. The molecule has 0 fully saturated rings. The van der Waals surface area contributed by atoms with E-state index in [1.54, 1.807) is 30.0 Å². The second-order valence-electron chi connectivity index (χ2n) is 4.90. The number of tetrazole rings is 1. The maximum Gasteiger partial charge on any atom is 0.182 e. The molecule has 1 aromatic heterocycles. The van der Waals surface area contributed by atoms with Crippen molar-refractivity contribution in [2.24, 2.45) is 0 Å². The summed E-state index contributed by atoms with van der Waals surface area (Å²) in [4.78, 5) is 0. The Morgan fingerprint density at radius 2 is 2.11 bits per heavy atom. The van der Waals surface area contributed by atoms with Gasteiger partial charge in [0.15, 0.2) is 5.82 Å². The molecule has 0 bridgehead atoms. The van der Waals surface area contributed by atoms with Crippen molar-refractivity contribution in [3.63, 3.8) is 0 Å². The average Bonchev–Trinajstić information content (AvgIpc) is 2.75. The molecule has 0 unspecified atom stereocenters. The van der Waals surface area contributed by atoms with E-state index in [1.807, 2.05) is 13.8 Å². The van der Waals surface area contributed by atoms with Gasteiger partial charge in [-0.2, -0.15) is 0 Å². The van der Waals surface area contributed by atoms with Gasteiger partial charge in [0.1, 0.15) is 0 Å². The minimum absolute atomic E-state index is 0.367. The van der Waals surface area contributed by atoms with Crippen LogP contribution in [0.25, 0.3) is 11.4 Å². The molecule has 0 spiro atoms. The first kappa shape index (κ1) is 13.8. The molecule has 0 aliphatic heterocycles. The number of aromatic nitrogens is 4. The molecule has 0 aliphatic rings. The Bertz CT molecular complexity index is 561. The van der Waals surface area contributed by atoms with Crippen LogP contribution in [0.2, 0.25) is 5.02 Å². The van der Waals surface area contributed by atoms with E-state index in [0.717, 1.165) is 5.56 Å². The molecule has 102 valence electrons.